The van der Waals surface area contributed by atoms with Crippen LogP contribution in [0.4, 0.5) is 0 Å². The summed E-state index contributed by atoms with van der Waals surface area (Å²) in [5, 5.41) is 26.1. The molecule has 0 saturated heterocycles. The first-order chi connectivity index (χ1) is 20.9. The van der Waals surface area contributed by atoms with E-state index in [1.54, 1.807) is 25.6 Å². The molecule has 250 valence electrons. The molecule has 0 rings (SSSR count). The number of aliphatic hydroxyl groups excluding tert-OH is 2. The molecule has 0 aromatic rings. The number of aliphatic hydroxyl groups is 2. The van der Waals surface area contributed by atoms with E-state index in [-0.39, 0.29) is 30.2 Å². The first-order valence-corrected chi connectivity index (χ1v) is 16.9. The predicted octanol–water partition coefficient (Wildman–Crippen LogP) is 6.95. The second kappa shape index (κ2) is 25.9. The fraction of sp³-hybridized carbons (Fsp3) is 0.611. The van der Waals surface area contributed by atoms with Crippen molar-refractivity contribution in [2.24, 2.45) is 5.41 Å². The molecular formula is C36H60N2O5S. The lowest BCUT2D eigenvalue weighted by atomic mass is 9.87. The fourth-order valence-electron chi connectivity index (χ4n) is 3.58. The average Bonchev–Trinajstić information content (AvgIpc) is 2.96. The van der Waals surface area contributed by atoms with Crippen molar-refractivity contribution in [2.45, 2.75) is 110 Å². The van der Waals surface area contributed by atoms with Crippen LogP contribution in [0.15, 0.2) is 72.9 Å². The van der Waals surface area contributed by atoms with Crippen molar-refractivity contribution in [2.75, 3.05) is 25.4 Å². The number of nitrogens with one attached hydrogen (secondary N) is 2. The number of carbonyl (C=O) groups is 2. The van der Waals surface area contributed by atoms with Gasteiger partial charge in [0.05, 0.1) is 6.61 Å². The van der Waals surface area contributed by atoms with Crippen LogP contribution in [0.1, 0.15) is 92.9 Å². The van der Waals surface area contributed by atoms with Gasteiger partial charge in [-0.15, -0.1) is 0 Å². The summed E-state index contributed by atoms with van der Waals surface area (Å²) in [6.45, 7) is 12.6. The number of ether oxygens (including phenoxy) is 1. The molecule has 0 fully saturated rings. The van der Waals surface area contributed by atoms with Crippen LogP contribution in [0.3, 0.4) is 0 Å². The van der Waals surface area contributed by atoms with Crippen molar-refractivity contribution >= 4 is 23.6 Å². The molecular weight excluding hydrogens is 572 g/mol. The highest BCUT2D eigenvalue weighted by Crippen LogP contribution is 2.23. The van der Waals surface area contributed by atoms with Gasteiger partial charge in [0.1, 0.15) is 6.10 Å². The Hall–Kier alpha value is -2.39. The number of hydrogen-bond donors (Lipinski definition) is 4. The Balaban J connectivity index is 4.06. The summed E-state index contributed by atoms with van der Waals surface area (Å²) >= 11 is 1.77. The summed E-state index contributed by atoms with van der Waals surface area (Å²) in [6, 6.07) is 0. The maximum Gasteiger partial charge on any atom is 0.249 e. The summed E-state index contributed by atoms with van der Waals surface area (Å²) in [5.41, 5.74) is -0.921. The Bertz CT molecular complexity index is 945. The van der Waals surface area contributed by atoms with Crippen molar-refractivity contribution in [3.63, 3.8) is 0 Å². The molecule has 0 spiro atoms. The van der Waals surface area contributed by atoms with Gasteiger partial charge in [0.25, 0.3) is 0 Å². The topological polar surface area (TPSA) is 108 Å². The highest BCUT2D eigenvalue weighted by molar-refractivity contribution is 8.00. The van der Waals surface area contributed by atoms with E-state index >= 15 is 0 Å². The van der Waals surface area contributed by atoms with Crippen LogP contribution < -0.4 is 10.6 Å². The summed E-state index contributed by atoms with van der Waals surface area (Å²) < 4.78 is 5.64. The van der Waals surface area contributed by atoms with Crippen molar-refractivity contribution in [3.05, 3.63) is 72.9 Å². The minimum atomic E-state index is -1.34. The number of rotatable bonds is 24. The molecule has 0 aliphatic rings. The lowest BCUT2D eigenvalue weighted by Gasteiger charge is -2.30. The number of carbonyl (C=O) groups excluding carboxylic acids is 2. The lowest BCUT2D eigenvalue weighted by Crippen LogP contribution is -2.47. The van der Waals surface area contributed by atoms with E-state index in [1.165, 1.54) is 0 Å². The van der Waals surface area contributed by atoms with Crippen molar-refractivity contribution < 1.29 is 24.5 Å². The van der Waals surface area contributed by atoms with Gasteiger partial charge in [-0.2, -0.15) is 11.8 Å². The molecule has 0 saturated carbocycles. The summed E-state index contributed by atoms with van der Waals surface area (Å²) in [5.74, 6) is 0.107. The largest absolute Gasteiger partial charge is 0.383 e. The van der Waals surface area contributed by atoms with Gasteiger partial charge in [-0.05, 0) is 38.5 Å². The Labute approximate surface area is 272 Å². The fourth-order valence-corrected chi connectivity index (χ4v) is 4.40. The predicted molar refractivity (Wildman–Crippen MR) is 187 cm³/mol. The molecule has 0 heterocycles. The van der Waals surface area contributed by atoms with Crippen LogP contribution in [0, 0.1) is 5.41 Å². The molecule has 2 atom stereocenters. The maximum atomic E-state index is 12.4. The quantitative estimate of drug-likeness (QED) is 0.0521. The average molecular weight is 633 g/mol. The van der Waals surface area contributed by atoms with Crippen LogP contribution in [-0.2, 0) is 14.3 Å². The molecule has 0 aliphatic heterocycles. The molecule has 8 heteroatoms. The van der Waals surface area contributed by atoms with E-state index in [4.69, 9.17) is 4.74 Å². The second-order valence-electron chi connectivity index (χ2n) is 12.2. The molecule has 0 bridgehead atoms. The Morgan fingerprint density at radius 1 is 0.727 bits per heavy atom. The number of thioether (sulfide) groups is 1. The van der Waals surface area contributed by atoms with Crippen molar-refractivity contribution in [1.29, 1.82) is 0 Å². The van der Waals surface area contributed by atoms with E-state index in [0.29, 0.717) is 13.0 Å². The van der Waals surface area contributed by atoms with Gasteiger partial charge in [-0.3, -0.25) is 9.59 Å². The van der Waals surface area contributed by atoms with Gasteiger partial charge in [0.15, 0.2) is 6.29 Å². The molecule has 0 radical (unpaired) electrons. The van der Waals surface area contributed by atoms with Gasteiger partial charge >= 0.3 is 0 Å². The third-order valence-electron chi connectivity index (χ3n) is 6.18. The van der Waals surface area contributed by atoms with Gasteiger partial charge < -0.3 is 25.6 Å². The third kappa shape index (κ3) is 26.1. The van der Waals surface area contributed by atoms with Crippen LogP contribution in [0.2, 0.25) is 0 Å². The van der Waals surface area contributed by atoms with Gasteiger partial charge in [-0.25, -0.2) is 0 Å². The standard InChI is InChI=1S/C36H60N2O5S/c1-7-8-9-10-11-12-13-14-15-16-17-18-19-20-21-22-23-24-25-32(40)43-30-36(5,6)33(41)34(42)38-27-26-31(39)37-28-29-44-35(2,3)4/h8-9,11-12,14-15,17-18,20-21,23-24,32-33,40-41H,7,10,13,16,19,22,25-30H2,1-6H3,(H,37,39)(H,38,42)/b9-8-,12-11-,15-14-,18-17-,21-20-,24-23-/t32?,33-/m0/s1. The maximum absolute atomic E-state index is 12.4. The molecule has 2 amide bonds. The van der Waals surface area contributed by atoms with Crippen molar-refractivity contribution in [1.82, 2.24) is 10.6 Å². The molecule has 0 aliphatic carbocycles. The summed E-state index contributed by atoms with van der Waals surface area (Å²) in [4.78, 5) is 24.4. The monoisotopic (exact) mass is 632 g/mol. The highest BCUT2D eigenvalue weighted by Gasteiger charge is 2.34. The van der Waals surface area contributed by atoms with Crippen LogP contribution >= 0.6 is 11.8 Å². The van der Waals surface area contributed by atoms with Crippen LogP contribution in [0.5, 0.6) is 0 Å². The van der Waals surface area contributed by atoms with E-state index in [1.807, 2.05) is 12.2 Å². The van der Waals surface area contributed by atoms with Crippen molar-refractivity contribution in [3.8, 4) is 0 Å². The Morgan fingerprint density at radius 2 is 1.20 bits per heavy atom. The molecule has 4 N–H and O–H groups in total. The molecule has 0 aromatic heterocycles. The van der Waals surface area contributed by atoms with E-state index < -0.39 is 23.7 Å². The lowest BCUT2D eigenvalue weighted by molar-refractivity contribution is -0.152. The van der Waals surface area contributed by atoms with E-state index in [2.05, 4.69) is 99.1 Å². The van der Waals surface area contributed by atoms with E-state index in [0.717, 1.165) is 44.3 Å². The first kappa shape index (κ1) is 41.6. The van der Waals surface area contributed by atoms with Crippen LogP contribution in [0.25, 0.3) is 0 Å². The van der Waals surface area contributed by atoms with E-state index in [9.17, 15) is 19.8 Å². The number of hydrogen-bond acceptors (Lipinski definition) is 6. The summed E-state index contributed by atoms with van der Waals surface area (Å²) in [7, 11) is 0. The Morgan fingerprint density at radius 3 is 1.68 bits per heavy atom. The molecule has 44 heavy (non-hydrogen) atoms. The smallest absolute Gasteiger partial charge is 0.249 e. The molecule has 1 unspecified atom stereocenters. The van der Waals surface area contributed by atoms with Gasteiger partial charge in [0.2, 0.25) is 11.8 Å². The zero-order chi connectivity index (χ0) is 33.1. The Kier molecular flexibility index (Phi) is 24.5. The third-order valence-corrected chi connectivity index (χ3v) is 7.46. The minimum absolute atomic E-state index is 0.00268. The first-order valence-electron chi connectivity index (χ1n) is 15.9. The SMILES string of the molecule is CC/C=C\C/C=C\C/C=C\C/C=C\C/C=C\C/C=C\CC(O)OCC(C)(C)[C@@H](O)C(=O)NCCC(=O)NCCSC(C)(C)C. The molecule has 7 nitrogen and oxygen atoms in total. The van der Waals surface area contributed by atoms with Gasteiger partial charge in [-0.1, -0.05) is 114 Å². The summed E-state index contributed by atoms with van der Waals surface area (Å²) in [6.07, 6.45) is 29.2. The van der Waals surface area contributed by atoms with Gasteiger partial charge in [0, 0.05) is 41.8 Å². The zero-order valence-electron chi connectivity index (χ0n) is 28.1. The highest BCUT2D eigenvalue weighted by atomic mass is 32.2. The number of allylic oxidation sites excluding steroid dienone is 11. The zero-order valence-corrected chi connectivity index (χ0v) is 28.9. The normalized spacial score (nSPS) is 14.6. The van der Waals surface area contributed by atoms with Crippen LogP contribution in [-0.4, -0.2) is 64.6 Å². The number of amides is 2. The second-order valence-corrected chi connectivity index (χ2v) is 14.1. The molecule has 0 aromatic carbocycles. The minimum Gasteiger partial charge on any atom is -0.383 e.